The van der Waals surface area contributed by atoms with Crippen molar-refractivity contribution in [3.8, 4) is 0 Å². The minimum atomic E-state index is -0.409. The molecular formula is C17H24BNOPS2. The Balaban J connectivity index is 1.83. The predicted molar refractivity (Wildman–Crippen MR) is 108 cm³/mol. The van der Waals surface area contributed by atoms with E-state index in [0.717, 1.165) is 34.7 Å². The molecule has 23 heavy (non-hydrogen) atoms. The lowest BCUT2D eigenvalue weighted by Gasteiger charge is -2.16. The SMILES string of the molecule is CCC[B]P(C/C(C)=C/CSc1nc2ccccc2s1)OCC. The molecule has 0 amide bonds. The van der Waals surface area contributed by atoms with E-state index in [1.807, 2.05) is 17.8 Å². The Morgan fingerprint density at radius 2 is 2.22 bits per heavy atom. The van der Waals surface area contributed by atoms with E-state index in [-0.39, 0.29) is 0 Å². The molecule has 0 aliphatic rings. The highest BCUT2D eigenvalue weighted by molar-refractivity contribution is 8.01. The van der Waals surface area contributed by atoms with Gasteiger partial charge in [-0.3, -0.25) is 0 Å². The summed E-state index contributed by atoms with van der Waals surface area (Å²) in [6.45, 7) is 9.69. The zero-order chi connectivity index (χ0) is 16.5. The average Bonchev–Trinajstić information content (AvgIpc) is 2.95. The summed E-state index contributed by atoms with van der Waals surface area (Å²) in [6.07, 6.45) is 5.73. The Bertz CT molecular complexity index is 599. The fourth-order valence-electron chi connectivity index (χ4n) is 2.08. The van der Waals surface area contributed by atoms with Gasteiger partial charge in [-0.1, -0.05) is 55.2 Å². The third kappa shape index (κ3) is 6.58. The molecule has 0 bridgehead atoms. The number of hydrogen-bond acceptors (Lipinski definition) is 4. The summed E-state index contributed by atoms with van der Waals surface area (Å²) < 4.78 is 8.29. The molecule has 0 saturated heterocycles. The van der Waals surface area contributed by atoms with Crippen LogP contribution in [0.4, 0.5) is 0 Å². The van der Waals surface area contributed by atoms with Gasteiger partial charge in [0.15, 0.2) is 11.3 Å². The van der Waals surface area contributed by atoms with Crippen molar-refractivity contribution in [3.05, 3.63) is 35.9 Å². The fraction of sp³-hybridized carbons (Fsp3) is 0.471. The first-order valence-corrected chi connectivity index (χ1v) is 11.4. The van der Waals surface area contributed by atoms with Crippen molar-refractivity contribution in [2.45, 2.75) is 37.9 Å². The van der Waals surface area contributed by atoms with Crippen LogP contribution >= 0.6 is 31.1 Å². The average molecular weight is 364 g/mol. The van der Waals surface area contributed by atoms with Crippen LogP contribution in [0, 0.1) is 0 Å². The van der Waals surface area contributed by atoms with Gasteiger partial charge in [0.25, 0.3) is 0 Å². The van der Waals surface area contributed by atoms with Crippen LogP contribution in [0.2, 0.25) is 6.32 Å². The summed E-state index contributed by atoms with van der Waals surface area (Å²) >= 11 is 3.60. The van der Waals surface area contributed by atoms with Crippen LogP contribution in [0.3, 0.4) is 0 Å². The third-order valence-electron chi connectivity index (χ3n) is 3.23. The van der Waals surface area contributed by atoms with Crippen LogP contribution in [0.15, 0.2) is 40.3 Å². The summed E-state index contributed by atoms with van der Waals surface area (Å²) in [6, 6.07) is 8.33. The van der Waals surface area contributed by atoms with E-state index in [2.05, 4.69) is 57.0 Å². The van der Waals surface area contributed by atoms with Crippen molar-refractivity contribution >= 4 is 48.3 Å². The van der Waals surface area contributed by atoms with Crippen molar-refractivity contribution in [1.82, 2.24) is 4.98 Å². The molecule has 123 valence electrons. The van der Waals surface area contributed by atoms with Gasteiger partial charge in [-0.2, -0.15) is 0 Å². The first-order chi connectivity index (χ1) is 11.2. The molecule has 0 aliphatic carbocycles. The number of benzene rings is 1. The van der Waals surface area contributed by atoms with E-state index in [0.29, 0.717) is 0 Å². The summed E-state index contributed by atoms with van der Waals surface area (Å²) in [5.41, 5.74) is 2.53. The molecule has 0 N–H and O–H groups in total. The van der Waals surface area contributed by atoms with Gasteiger partial charge in [-0.25, -0.2) is 4.98 Å². The van der Waals surface area contributed by atoms with E-state index < -0.39 is 8.03 Å². The Morgan fingerprint density at radius 3 is 2.96 bits per heavy atom. The molecule has 2 rings (SSSR count). The van der Waals surface area contributed by atoms with Gasteiger partial charge in [-0.05, 0) is 34.0 Å². The van der Waals surface area contributed by atoms with Crippen LogP contribution in [-0.2, 0) is 4.52 Å². The quantitative estimate of drug-likeness (QED) is 0.216. The highest BCUT2D eigenvalue weighted by atomic mass is 32.2. The molecule has 1 unspecified atom stereocenters. The molecule has 1 radical (unpaired) electrons. The Morgan fingerprint density at radius 1 is 1.39 bits per heavy atom. The number of nitrogens with zero attached hydrogens (tertiary/aromatic N) is 1. The molecule has 1 atom stereocenters. The van der Waals surface area contributed by atoms with Gasteiger partial charge in [-0.15, -0.1) is 11.3 Å². The smallest absolute Gasteiger partial charge is 0.183 e. The maximum Gasteiger partial charge on any atom is 0.183 e. The van der Waals surface area contributed by atoms with Crippen LogP contribution in [0.1, 0.15) is 27.2 Å². The van der Waals surface area contributed by atoms with E-state index in [1.165, 1.54) is 16.7 Å². The van der Waals surface area contributed by atoms with Crippen LogP contribution < -0.4 is 0 Å². The number of rotatable bonds is 10. The summed E-state index contributed by atoms with van der Waals surface area (Å²) in [5, 5.41) is 0. The van der Waals surface area contributed by atoms with Gasteiger partial charge < -0.3 is 4.52 Å². The third-order valence-corrected chi connectivity index (χ3v) is 7.41. The second-order valence-corrected chi connectivity index (χ2v) is 9.34. The molecule has 0 aliphatic heterocycles. The zero-order valence-electron chi connectivity index (χ0n) is 14.1. The lowest BCUT2D eigenvalue weighted by Crippen LogP contribution is -1.99. The molecule has 1 heterocycles. The topological polar surface area (TPSA) is 22.1 Å². The van der Waals surface area contributed by atoms with Gasteiger partial charge >= 0.3 is 0 Å². The molecule has 6 heteroatoms. The van der Waals surface area contributed by atoms with E-state index in [4.69, 9.17) is 4.52 Å². The van der Waals surface area contributed by atoms with E-state index in [1.54, 1.807) is 11.3 Å². The second-order valence-electron chi connectivity index (χ2n) is 5.27. The zero-order valence-corrected chi connectivity index (χ0v) is 16.6. The standard InChI is InChI=1S/C17H24BNOPS2/c1-4-11-18-21(20-5-2)13-14(3)10-12-22-17-19-15-8-6-7-9-16(15)23-17/h6-10H,4-5,11-13H2,1-3H3/b14-10+. The predicted octanol–water partition coefficient (Wildman–Crippen LogP) is 6.22. The number of fused-ring (bicyclic) bond motifs is 1. The Labute approximate surface area is 150 Å². The minimum absolute atomic E-state index is 0.409. The van der Waals surface area contributed by atoms with Crippen LogP contribution in [0.5, 0.6) is 0 Å². The van der Waals surface area contributed by atoms with Crippen molar-refractivity contribution in [2.24, 2.45) is 0 Å². The van der Waals surface area contributed by atoms with Crippen LogP contribution in [-0.4, -0.2) is 30.5 Å². The first kappa shape index (κ1) is 19.0. The Hall–Kier alpha value is -0.345. The van der Waals surface area contributed by atoms with E-state index in [9.17, 15) is 0 Å². The summed E-state index contributed by atoms with van der Waals surface area (Å²) in [7, 11) is -0.409. The van der Waals surface area contributed by atoms with Gasteiger partial charge in [0, 0.05) is 18.5 Å². The van der Waals surface area contributed by atoms with Gasteiger partial charge in [0.05, 0.1) is 10.2 Å². The van der Waals surface area contributed by atoms with Crippen LogP contribution in [0.25, 0.3) is 10.2 Å². The van der Waals surface area contributed by atoms with Gasteiger partial charge in [0.2, 0.25) is 0 Å². The van der Waals surface area contributed by atoms with Crippen molar-refractivity contribution in [1.29, 1.82) is 0 Å². The number of thioether (sulfide) groups is 1. The normalized spacial score (nSPS) is 13.4. The minimum Gasteiger partial charge on any atom is -0.370 e. The monoisotopic (exact) mass is 364 g/mol. The second kappa shape index (κ2) is 10.5. The van der Waals surface area contributed by atoms with Crippen molar-refractivity contribution in [3.63, 3.8) is 0 Å². The molecule has 0 saturated carbocycles. The Kier molecular flexibility index (Phi) is 8.67. The summed E-state index contributed by atoms with van der Waals surface area (Å²) in [5.74, 6) is 0.981. The lowest BCUT2D eigenvalue weighted by atomic mass is 10.0. The lowest BCUT2D eigenvalue weighted by molar-refractivity contribution is 0.386. The molecule has 1 aromatic heterocycles. The molecule has 1 aromatic carbocycles. The fourth-order valence-corrected chi connectivity index (χ4v) is 5.98. The number of para-hydroxylation sites is 1. The number of allylic oxidation sites excluding steroid dienone is 1. The largest absolute Gasteiger partial charge is 0.370 e. The molecule has 0 fully saturated rings. The summed E-state index contributed by atoms with van der Waals surface area (Å²) in [4.78, 5) is 4.67. The highest BCUT2D eigenvalue weighted by Gasteiger charge is 2.10. The molecule has 2 aromatic rings. The maximum absolute atomic E-state index is 5.87. The number of hydrogen-bond donors (Lipinski definition) is 0. The molecule has 2 nitrogen and oxygen atoms in total. The maximum atomic E-state index is 5.87. The molecular weight excluding hydrogens is 340 g/mol. The number of thiazole rings is 1. The van der Waals surface area contributed by atoms with E-state index >= 15 is 0 Å². The molecule has 0 spiro atoms. The van der Waals surface area contributed by atoms with Crippen molar-refractivity contribution < 1.29 is 4.52 Å². The first-order valence-electron chi connectivity index (χ1n) is 8.09. The number of aromatic nitrogens is 1. The van der Waals surface area contributed by atoms with Crippen molar-refractivity contribution in [2.75, 3.05) is 18.5 Å². The highest BCUT2D eigenvalue weighted by Crippen LogP contribution is 2.38. The van der Waals surface area contributed by atoms with Gasteiger partial charge in [0.1, 0.15) is 0 Å².